The molecule has 2 aromatic heterocycles. The molecule has 8 heteroatoms. The van der Waals surface area contributed by atoms with E-state index in [1.54, 1.807) is 11.3 Å². The molecule has 2 aromatic rings. The van der Waals surface area contributed by atoms with Crippen molar-refractivity contribution in [2.75, 3.05) is 11.9 Å². The van der Waals surface area contributed by atoms with Gasteiger partial charge in [0.2, 0.25) is 5.91 Å². The summed E-state index contributed by atoms with van der Waals surface area (Å²) in [4.78, 5) is 28.6. The van der Waals surface area contributed by atoms with Gasteiger partial charge in [0.1, 0.15) is 5.00 Å². The van der Waals surface area contributed by atoms with E-state index in [2.05, 4.69) is 21.8 Å². The normalized spacial score (nSPS) is 23.6. The highest BCUT2D eigenvalue weighted by atomic mass is 32.1. The molecular formula is C27H36N4O2S2. The van der Waals surface area contributed by atoms with Crippen molar-refractivity contribution in [2.45, 2.75) is 71.1 Å². The molecule has 6 rings (SSSR count). The van der Waals surface area contributed by atoms with E-state index in [0.717, 1.165) is 77.5 Å². The third kappa shape index (κ3) is 4.84. The molecule has 2 amide bonds. The third-order valence-electron chi connectivity index (χ3n) is 8.47. The number of anilines is 1. The maximum absolute atomic E-state index is 13.4. The molecular weight excluding hydrogens is 476 g/mol. The van der Waals surface area contributed by atoms with E-state index in [1.165, 1.54) is 30.6 Å². The Morgan fingerprint density at radius 3 is 2.74 bits per heavy atom. The second kappa shape index (κ2) is 8.80. The molecule has 4 aliphatic rings. The quantitative estimate of drug-likeness (QED) is 0.463. The number of nitrogens with one attached hydrogen (secondary N) is 2. The zero-order chi connectivity index (χ0) is 24.3. The number of thiophene rings is 1. The van der Waals surface area contributed by atoms with Crippen molar-refractivity contribution in [3.63, 3.8) is 0 Å². The first-order valence-electron chi connectivity index (χ1n) is 13.1. The van der Waals surface area contributed by atoms with Gasteiger partial charge in [0.25, 0.3) is 5.91 Å². The fourth-order valence-corrected chi connectivity index (χ4v) is 7.49. The van der Waals surface area contributed by atoms with Gasteiger partial charge in [-0.2, -0.15) is 5.10 Å². The van der Waals surface area contributed by atoms with E-state index in [1.807, 2.05) is 18.7 Å². The van der Waals surface area contributed by atoms with Crippen molar-refractivity contribution in [1.29, 1.82) is 0 Å². The number of rotatable bonds is 9. The summed E-state index contributed by atoms with van der Waals surface area (Å²) in [5, 5.41) is 11.6. The summed E-state index contributed by atoms with van der Waals surface area (Å²) in [6.07, 6.45) is 10.3. The molecule has 0 bridgehead atoms. The van der Waals surface area contributed by atoms with Gasteiger partial charge in [-0.25, -0.2) is 0 Å². The molecule has 3 saturated carbocycles. The molecule has 0 aliphatic heterocycles. The van der Waals surface area contributed by atoms with Gasteiger partial charge < -0.3 is 10.6 Å². The first-order chi connectivity index (χ1) is 16.8. The number of amides is 2. The minimum Gasteiger partial charge on any atom is -0.352 e. The number of nitrogens with zero attached hydrogens (tertiary/aromatic N) is 2. The second-order valence-corrected chi connectivity index (χ2v) is 13.1. The van der Waals surface area contributed by atoms with Gasteiger partial charge in [-0.05, 0) is 98.5 Å². The minimum atomic E-state index is -0.0183. The highest BCUT2D eigenvalue weighted by Gasteiger charge is 2.65. The summed E-state index contributed by atoms with van der Waals surface area (Å²) in [6, 6.07) is 2.10. The van der Waals surface area contributed by atoms with Crippen molar-refractivity contribution >= 4 is 45.2 Å². The second-order valence-electron chi connectivity index (χ2n) is 11.4. The first-order valence-corrected chi connectivity index (χ1v) is 14.3. The minimum absolute atomic E-state index is 0. The first kappa shape index (κ1) is 23.3. The van der Waals surface area contributed by atoms with Gasteiger partial charge in [-0.1, -0.05) is 12.2 Å². The average molecular weight is 513 g/mol. The fourth-order valence-electron chi connectivity index (χ4n) is 5.86. The average Bonchev–Trinajstić information content (AvgIpc) is 3.74. The number of thiocarbonyl (C=S) groups is 1. The van der Waals surface area contributed by atoms with Crippen LogP contribution >= 0.6 is 23.6 Å². The van der Waals surface area contributed by atoms with E-state index in [0.29, 0.717) is 17.3 Å². The SMILES string of the molecule is Cc1cc(CC(=S)C[C@H]2CCc3sc(NC(=O)C4CC45CC5)c(C(=O)NCC4CC4)c3C2)n(C)n1.[HH]. The third-order valence-corrected chi connectivity index (χ3v) is 9.99. The molecule has 2 heterocycles. The van der Waals surface area contributed by atoms with Crippen LogP contribution in [0.4, 0.5) is 5.00 Å². The Kier molecular flexibility index (Phi) is 5.87. The summed E-state index contributed by atoms with van der Waals surface area (Å²) in [7, 11) is 1.97. The molecule has 4 aliphatic carbocycles. The Balaban J connectivity index is 0.00000267. The number of fused-ring (bicyclic) bond motifs is 1. The summed E-state index contributed by atoms with van der Waals surface area (Å²) in [5.74, 6) is 1.28. The fraction of sp³-hybridized carbons (Fsp3) is 0.630. The Hall–Kier alpha value is -2.06. The number of carbonyl (C=O) groups is 2. The molecule has 2 N–H and O–H groups in total. The monoisotopic (exact) mass is 512 g/mol. The molecule has 1 unspecified atom stereocenters. The molecule has 2 atom stereocenters. The lowest BCUT2D eigenvalue weighted by Gasteiger charge is -2.23. The topological polar surface area (TPSA) is 76.0 Å². The molecule has 0 radical (unpaired) electrons. The predicted molar refractivity (Wildman–Crippen MR) is 144 cm³/mol. The van der Waals surface area contributed by atoms with Crippen LogP contribution in [0.1, 0.15) is 78.6 Å². The molecule has 6 nitrogen and oxygen atoms in total. The van der Waals surface area contributed by atoms with Crippen LogP contribution in [0, 0.1) is 30.1 Å². The Bertz CT molecular complexity index is 1210. The summed E-state index contributed by atoms with van der Waals surface area (Å²) in [5.41, 5.74) is 4.34. The van der Waals surface area contributed by atoms with Crippen LogP contribution in [0.2, 0.25) is 0 Å². The van der Waals surface area contributed by atoms with Crippen LogP contribution in [0.25, 0.3) is 0 Å². The van der Waals surface area contributed by atoms with Crippen LogP contribution in [-0.2, 0) is 31.1 Å². The maximum Gasteiger partial charge on any atom is 0.254 e. The lowest BCUT2D eigenvalue weighted by molar-refractivity contribution is -0.117. The molecule has 1 spiro atoms. The van der Waals surface area contributed by atoms with Gasteiger partial charge in [0.15, 0.2) is 0 Å². The highest BCUT2D eigenvalue weighted by Crippen LogP contribution is 2.70. The summed E-state index contributed by atoms with van der Waals surface area (Å²) >= 11 is 7.42. The standard InChI is InChI=1S/C27H34N4O2S2.H2/c1-15-9-18(31(2)30-15)12-19(34)10-17-5-6-22-20(11-17)23(25(33)28-14-16-3-4-16)26(35-22)29-24(32)21-13-27(21)7-8-27;/h9,16-17,21H,3-8,10-14H2,1-2H3,(H,28,33)(H,29,32);1H/t17-,21?;/m1./s1. The van der Waals surface area contributed by atoms with Crippen molar-refractivity contribution in [1.82, 2.24) is 15.1 Å². The van der Waals surface area contributed by atoms with Crippen LogP contribution in [0.5, 0.6) is 0 Å². The predicted octanol–water partition coefficient (Wildman–Crippen LogP) is 5.02. The van der Waals surface area contributed by atoms with Gasteiger partial charge in [0, 0.05) is 37.9 Å². The van der Waals surface area contributed by atoms with E-state index in [4.69, 9.17) is 12.2 Å². The van der Waals surface area contributed by atoms with Gasteiger partial charge >= 0.3 is 0 Å². The van der Waals surface area contributed by atoms with E-state index >= 15 is 0 Å². The summed E-state index contributed by atoms with van der Waals surface area (Å²) < 4.78 is 1.92. The Morgan fingerprint density at radius 2 is 2.09 bits per heavy atom. The van der Waals surface area contributed by atoms with Crippen molar-refractivity contribution in [3.8, 4) is 0 Å². The highest BCUT2D eigenvalue weighted by molar-refractivity contribution is 7.80. The van der Waals surface area contributed by atoms with Gasteiger partial charge in [0.05, 0.1) is 11.3 Å². The number of hydrogen-bond donors (Lipinski definition) is 2. The molecule has 0 aromatic carbocycles. The van der Waals surface area contributed by atoms with Crippen LogP contribution in [0.3, 0.4) is 0 Å². The van der Waals surface area contributed by atoms with Gasteiger partial charge in [-0.15, -0.1) is 11.3 Å². The van der Waals surface area contributed by atoms with Crippen molar-refractivity contribution in [2.24, 2.45) is 30.2 Å². The van der Waals surface area contributed by atoms with Crippen LogP contribution in [-0.4, -0.2) is 33.0 Å². The number of hydrogen-bond acceptors (Lipinski definition) is 5. The number of carbonyl (C=O) groups excluding carboxylic acids is 2. The number of aromatic nitrogens is 2. The molecule has 3 fully saturated rings. The Labute approximate surface area is 217 Å². The van der Waals surface area contributed by atoms with Gasteiger partial charge in [-0.3, -0.25) is 14.3 Å². The zero-order valence-electron chi connectivity index (χ0n) is 20.6. The van der Waals surface area contributed by atoms with E-state index in [9.17, 15) is 9.59 Å². The largest absolute Gasteiger partial charge is 0.352 e. The molecule has 0 saturated heterocycles. The van der Waals surface area contributed by atoms with Crippen molar-refractivity contribution in [3.05, 3.63) is 33.5 Å². The zero-order valence-corrected chi connectivity index (χ0v) is 22.2. The maximum atomic E-state index is 13.4. The molecule has 35 heavy (non-hydrogen) atoms. The lowest BCUT2D eigenvalue weighted by atomic mass is 9.83. The Morgan fingerprint density at radius 1 is 1.29 bits per heavy atom. The van der Waals surface area contributed by atoms with Crippen LogP contribution in [0.15, 0.2) is 6.07 Å². The van der Waals surface area contributed by atoms with E-state index < -0.39 is 0 Å². The van der Waals surface area contributed by atoms with Crippen molar-refractivity contribution < 1.29 is 11.0 Å². The molecule has 188 valence electrons. The van der Waals surface area contributed by atoms with E-state index in [-0.39, 0.29) is 19.2 Å². The summed E-state index contributed by atoms with van der Waals surface area (Å²) in [6.45, 7) is 2.74. The number of aryl methyl sites for hydroxylation is 3. The lowest BCUT2D eigenvalue weighted by Crippen LogP contribution is -2.28. The van der Waals surface area contributed by atoms with Crippen LogP contribution < -0.4 is 10.6 Å². The smallest absolute Gasteiger partial charge is 0.254 e.